The number of rotatable bonds is 5. The van der Waals surface area contributed by atoms with Crippen molar-refractivity contribution in [1.82, 2.24) is 9.55 Å². The summed E-state index contributed by atoms with van der Waals surface area (Å²) in [5, 5.41) is 0. The molecule has 5 nitrogen and oxygen atoms in total. The van der Waals surface area contributed by atoms with Crippen LogP contribution in [0.4, 0.5) is 5.82 Å². The SMILES string of the molecule is CCOC(=O)c1ncn(CCC2=CCCC2)c1N. The summed E-state index contributed by atoms with van der Waals surface area (Å²) < 4.78 is 6.70. The number of carbonyl (C=O) groups is 1. The summed E-state index contributed by atoms with van der Waals surface area (Å²) in [6.07, 6.45) is 8.49. The van der Waals surface area contributed by atoms with Gasteiger partial charge in [-0.15, -0.1) is 0 Å². The zero-order valence-corrected chi connectivity index (χ0v) is 10.7. The number of hydrogen-bond acceptors (Lipinski definition) is 4. The van der Waals surface area contributed by atoms with Gasteiger partial charge in [0.15, 0.2) is 5.69 Å². The van der Waals surface area contributed by atoms with Gasteiger partial charge in [0.05, 0.1) is 12.9 Å². The van der Waals surface area contributed by atoms with Crippen LogP contribution in [-0.2, 0) is 11.3 Å². The Bertz CT molecular complexity index is 463. The van der Waals surface area contributed by atoms with Gasteiger partial charge in [0.25, 0.3) is 0 Å². The van der Waals surface area contributed by atoms with Gasteiger partial charge in [-0.2, -0.15) is 0 Å². The summed E-state index contributed by atoms with van der Waals surface area (Å²) in [6.45, 7) is 2.86. The summed E-state index contributed by atoms with van der Waals surface area (Å²) >= 11 is 0. The molecule has 0 spiro atoms. The van der Waals surface area contributed by atoms with Gasteiger partial charge < -0.3 is 15.0 Å². The highest BCUT2D eigenvalue weighted by atomic mass is 16.5. The van der Waals surface area contributed by atoms with E-state index in [1.54, 1.807) is 13.3 Å². The van der Waals surface area contributed by atoms with Crippen molar-refractivity contribution in [2.75, 3.05) is 12.3 Å². The third-order valence-electron chi connectivity index (χ3n) is 3.16. The van der Waals surface area contributed by atoms with E-state index < -0.39 is 5.97 Å². The summed E-state index contributed by atoms with van der Waals surface area (Å²) in [7, 11) is 0. The van der Waals surface area contributed by atoms with Crippen LogP contribution in [0.25, 0.3) is 0 Å². The van der Waals surface area contributed by atoms with Gasteiger partial charge in [-0.25, -0.2) is 9.78 Å². The minimum Gasteiger partial charge on any atom is -0.461 e. The lowest BCUT2D eigenvalue weighted by molar-refractivity contribution is 0.0521. The lowest BCUT2D eigenvalue weighted by atomic mass is 10.2. The van der Waals surface area contributed by atoms with E-state index in [1.165, 1.54) is 24.8 Å². The molecule has 5 heteroatoms. The number of ether oxygens (including phenoxy) is 1. The molecule has 1 heterocycles. The van der Waals surface area contributed by atoms with Crippen molar-refractivity contribution in [3.05, 3.63) is 23.7 Å². The molecular weight excluding hydrogens is 230 g/mol. The van der Waals surface area contributed by atoms with Crippen molar-refractivity contribution in [1.29, 1.82) is 0 Å². The number of carbonyl (C=O) groups excluding carboxylic acids is 1. The van der Waals surface area contributed by atoms with E-state index in [0.717, 1.165) is 13.0 Å². The van der Waals surface area contributed by atoms with Gasteiger partial charge in [-0.3, -0.25) is 0 Å². The molecule has 1 aliphatic carbocycles. The van der Waals surface area contributed by atoms with Crippen molar-refractivity contribution in [2.45, 2.75) is 39.2 Å². The van der Waals surface area contributed by atoms with E-state index in [9.17, 15) is 4.79 Å². The maximum Gasteiger partial charge on any atom is 0.360 e. The minimum atomic E-state index is -0.450. The monoisotopic (exact) mass is 249 g/mol. The first kappa shape index (κ1) is 12.7. The third-order valence-corrected chi connectivity index (χ3v) is 3.16. The molecule has 0 aliphatic heterocycles. The number of anilines is 1. The van der Waals surface area contributed by atoms with Gasteiger partial charge >= 0.3 is 5.97 Å². The number of hydrogen-bond donors (Lipinski definition) is 1. The molecule has 18 heavy (non-hydrogen) atoms. The first-order valence-electron chi connectivity index (χ1n) is 6.38. The minimum absolute atomic E-state index is 0.220. The summed E-state index contributed by atoms with van der Waals surface area (Å²) in [6, 6.07) is 0. The van der Waals surface area contributed by atoms with Crippen LogP contribution in [0.1, 0.15) is 43.1 Å². The van der Waals surface area contributed by atoms with E-state index in [1.807, 2.05) is 4.57 Å². The standard InChI is InChI=1S/C13H19N3O2/c1-2-18-13(17)11-12(14)16(9-15-11)8-7-10-5-3-4-6-10/h5,9H,2-4,6-8,14H2,1H3. The molecule has 1 aromatic heterocycles. The van der Waals surface area contributed by atoms with Crippen LogP contribution in [-0.4, -0.2) is 22.1 Å². The lowest BCUT2D eigenvalue weighted by Gasteiger charge is -2.06. The summed E-state index contributed by atoms with van der Waals surface area (Å²) in [4.78, 5) is 15.6. The maximum absolute atomic E-state index is 11.5. The lowest BCUT2D eigenvalue weighted by Crippen LogP contribution is -2.10. The van der Waals surface area contributed by atoms with Crippen LogP contribution in [0.15, 0.2) is 18.0 Å². The fraction of sp³-hybridized carbons (Fsp3) is 0.538. The van der Waals surface area contributed by atoms with Crippen LogP contribution in [0.3, 0.4) is 0 Å². The van der Waals surface area contributed by atoms with Gasteiger partial charge in [-0.05, 0) is 32.6 Å². The van der Waals surface area contributed by atoms with E-state index in [2.05, 4.69) is 11.1 Å². The molecule has 0 unspecified atom stereocenters. The number of nitrogens with two attached hydrogens (primary N) is 1. The number of nitrogens with zero attached hydrogens (tertiary/aromatic N) is 2. The Hall–Kier alpha value is -1.78. The summed E-state index contributed by atoms with van der Waals surface area (Å²) in [5.74, 6) is -0.0547. The Balaban J connectivity index is 1.99. The number of nitrogen functional groups attached to an aromatic ring is 1. The molecule has 0 saturated carbocycles. The van der Waals surface area contributed by atoms with Crippen LogP contribution in [0.5, 0.6) is 0 Å². The highest BCUT2D eigenvalue weighted by Crippen LogP contribution is 2.22. The molecule has 0 aromatic carbocycles. The molecule has 0 amide bonds. The first-order chi connectivity index (χ1) is 8.72. The molecule has 1 aromatic rings. The van der Waals surface area contributed by atoms with Crippen molar-refractivity contribution in [3.63, 3.8) is 0 Å². The molecule has 0 radical (unpaired) electrons. The van der Waals surface area contributed by atoms with Crippen LogP contribution in [0, 0.1) is 0 Å². The molecule has 0 fully saturated rings. The van der Waals surface area contributed by atoms with E-state index in [-0.39, 0.29) is 5.69 Å². The first-order valence-corrected chi connectivity index (χ1v) is 6.38. The fourth-order valence-corrected chi connectivity index (χ4v) is 2.16. The van der Waals surface area contributed by atoms with Crippen molar-refractivity contribution >= 4 is 11.8 Å². The molecule has 98 valence electrons. The van der Waals surface area contributed by atoms with Crippen molar-refractivity contribution in [2.24, 2.45) is 0 Å². The number of imidazole rings is 1. The molecule has 0 bridgehead atoms. The zero-order valence-electron chi connectivity index (χ0n) is 10.7. The Morgan fingerprint density at radius 1 is 1.61 bits per heavy atom. The maximum atomic E-state index is 11.5. The Labute approximate surface area is 107 Å². The molecule has 1 aliphatic rings. The van der Waals surface area contributed by atoms with Gasteiger partial charge in [0.1, 0.15) is 5.82 Å². The number of allylic oxidation sites excluding steroid dienone is 2. The normalized spacial score (nSPS) is 14.6. The Kier molecular flexibility index (Phi) is 4.02. The number of aryl methyl sites for hydroxylation is 1. The third kappa shape index (κ3) is 2.72. The smallest absolute Gasteiger partial charge is 0.360 e. The molecule has 0 atom stereocenters. The summed E-state index contributed by atoms with van der Waals surface area (Å²) in [5.41, 5.74) is 7.59. The zero-order chi connectivity index (χ0) is 13.0. The van der Waals surface area contributed by atoms with E-state index in [0.29, 0.717) is 12.4 Å². The van der Waals surface area contributed by atoms with Crippen molar-refractivity contribution < 1.29 is 9.53 Å². The topological polar surface area (TPSA) is 70.1 Å². The fourth-order valence-electron chi connectivity index (χ4n) is 2.16. The van der Waals surface area contributed by atoms with Crippen LogP contribution >= 0.6 is 0 Å². The predicted molar refractivity (Wildman–Crippen MR) is 69.1 cm³/mol. The largest absolute Gasteiger partial charge is 0.461 e. The second kappa shape index (κ2) is 5.71. The van der Waals surface area contributed by atoms with Crippen LogP contribution < -0.4 is 5.73 Å². The van der Waals surface area contributed by atoms with Crippen molar-refractivity contribution in [3.8, 4) is 0 Å². The highest BCUT2D eigenvalue weighted by Gasteiger charge is 2.16. The van der Waals surface area contributed by atoms with Gasteiger partial charge in [0, 0.05) is 6.54 Å². The van der Waals surface area contributed by atoms with Gasteiger partial charge in [-0.1, -0.05) is 11.6 Å². The highest BCUT2D eigenvalue weighted by molar-refractivity contribution is 5.92. The molecule has 0 saturated heterocycles. The van der Waals surface area contributed by atoms with E-state index >= 15 is 0 Å². The quantitative estimate of drug-likeness (QED) is 0.641. The molecule has 2 rings (SSSR count). The average Bonchev–Trinajstić information content (AvgIpc) is 2.96. The Morgan fingerprint density at radius 3 is 3.11 bits per heavy atom. The van der Waals surface area contributed by atoms with Crippen LogP contribution in [0.2, 0.25) is 0 Å². The van der Waals surface area contributed by atoms with E-state index in [4.69, 9.17) is 10.5 Å². The predicted octanol–water partition coefficient (Wildman–Crippen LogP) is 2.14. The second-order valence-electron chi connectivity index (χ2n) is 4.40. The number of esters is 1. The molecular formula is C13H19N3O2. The molecule has 2 N–H and O–H groups in total. The Morgan fingerprint density at radius 2 is 2.44 bits per heavy atom. The number of aromatic nitrogens is 2. The average molecular weight is 249 g/mol. The van der Waals surface area contributed by atoms with Gasteiger partial charge in [0.2, 0.25) is 0 Å². The second-order valence-corrected chi connectivity index (χ2v) is 4.40.